The lowest BCUT2D eigenvalue weighted by Crippen LogP contribution is -2.36. The predicted molar refractivity (Wildman–Crippen MR) is 89.7 cm³/mol. The SMILES string of the molecule is CC(N)CCC(=O)NC1CCC(C)(C)c2ccccc21.Cl. The lowest BCUT2D eigenvalue weighted by molar-refractivity contribution is -0.122. The first-order valence-corrected chi connectivity index (χ1v) is 7.54. The predicted octanol–water partition coefficient (Wildman–Crippen LogP) is 3.46. The summed E-state index contributed by atoms with van der Waals surface area (Å²) in [6.45, 7) is 6.49. The molecule has 3 N–H and O–H groups in total. The zero-order chi connectivity index (χ0) is 14.8. The number of rotatable bonds is 4. The molecule has 0 heterocycles. The molecule has 1 aromatic rings. The monoisotopic (exact) mass is 310 g/mol. The highest BCUT2D eigenvalue weighted by molar-refractivity contribution is 5.85. The van der Waals surface area contributed by atoms with Crippen molar-refractivity contribution in [3.8, 4) is 0 Å². The number of hydrogen-bond acceptors (Lipinski definition) is 2. The van der Waals surface area contributed by atoms with Gasteiger partial charge in [0, 0.05) is 12.5 Å². The number of amides is 1. The van der Waals surface area contributed by atoms with Crippen molar-refractivity contribution < 1.29 is 4.79 Å². The fourth-order valence-corrected chi connectivity index (χ4v) is 2.99. The Morgan fingerprint density at radius 1 is 1.43 bits per heavy atom. The second kappa shape index (κ2) is 7.28. The van der Waals surface area contributed by atoms with Crippen molar-refractivity contribution in [1.82, 2.24) is 5.32 Å². The maximum absolute atomic E-state index is 12.0. The Bertz CT molecular complexity index is 485. The average molecular weight is 311 g/mol. The standard InChI is InChI=1S/C17H26N2O.ClH/c1-12(18)8-9-16(20)19-15-10-11-17(2,3)14-7-5-4-6-13(14)15;/h4-7,12,15H,8-11,18H2,1-3H3,(H,19,20);1H. The van der Waals surface area contributed by atoms with E-state index in [1.165, 1.54) is 11.1 Å². The number of benzene rings is 1. The fourth-order valence-electron chi connectivity index (χ4n) is 2.99. The van der Waals surface area contributed by atoms with Gasteiger partial charge in [0.1, 0.15) is 0 Å². The molecule has 0 aromatic heterocycles. The van der Waals surface area contributed by atoms with Crippen LogP contribution in [0, 0.1) is 0 Å². The minimum Gasteiger partial charge on any atom is -0.349 e. The van der Waals surface area contributed by atoms with E-state index in [-0.39, 0.29) is 35.8 Å². The Hall–Kier alpha value is -1.06. The molecule has 0 radical (unpaired) electrons. The molecule has 2 unspecified atom stereocenters. The number of carbonyl (C=O) groups excluding carboxylic acids is 1. The summed E-state index contributed by atoms with van der Waals surface area (Å²) in [5.74, 6) is 0.113. The number of fused-ring (bicyclic) bond motifs is 1. The maximum Gasteiger partial charge on any atom is 0.220 e. The summed E-state index contributed by atoms with van der Waals surface area (Å²) >= 11 is 0. The third-order valence-electron chi connectivity index (χ3n) is 4.29. The van der Waals surface area contributed by atoms with E-state index in [9.17, 15) is 4.79 Å². The molecule has 1 aromatic carbocycles. The zero-order valence-corrected chi connectivity index (χ0v) is 14.0. The molecule has 0 fully saturated rings. The van der Waals surface area contributed by atoms with Gasteiger partial charge in [0.25, 0.3) is 0 Å². The first-order valence-electron chi connectivity index (χ1n) is 7.54. The van der Waals surface area contributed by atoms with Crippen LogP contribution >= 0.6 is 12.4 Å². The number of nitrogens with one attached hydrogen (secondary N) is 1. The topological polar surface area (TPSA) is 55.1 Å². The highest BCUT2D eigenvalue weighted by Gasteiger charge is 2.32. The molecule has 2 rings (SSSR count). The van der Waals surface area contributed by atoms with Crippen LogP contribution in [0.25, 0.3) is 0 Å². The Labute approximate surface area is 134 Å². The molecule has 4 heteroatoms. The summed E-state index contributed by atoms with van der Waals surface area (Å²) in [6, 6.07) is 8.71. The quantitative estimate of drug-likeness (QED) is 0.894. The molecule has 0 spiro atoms. The van der Waals surface area contributed by atoms with Crippen LogP contribution in [0.1, 0.15) is 63.6 Å². The molecule has 1 aliphatic rings. The van der Waals surface area contributed by atoms with E-state index in [1.54, 1.807) is 0 Å². The number of hydrogen-bond donors (Lipinski definition) is 2. The molecular formula is C17H27ClN2O. The summed E-state index contributed by atoms with van der Waals surface area (Å²) < 4.78 is 0. The van der Waals surface area contributed by atoms with Gasteiger partial charge in [-0.1, -0.05) is 38.1 Å². The summed E-state index contributed by atoms with van der Waals surface area (Å²) in [4.78, 5) is 12.0. The first kappa shape index (κ1) is 18.0. The van der Waals surface area contributed by atoms with E-state index in [4.69, 9.17) is 5.73 Å². The lowest BCUT2D eigenvalue weighted by Gasteiger charge is -2.37. The van der Waals surface area contributed by atoms with Crippen LogP contribution in [-0.4, -0.2) is 11.9 Å². The number of halogens is 1. The molecule has 1 amide bonds. The van der Waals surface area contributed by atoms with Crippen molar-refractivity contribution in [2.75, 3.05) is 0 Å². The van der Waals surface area contributed by atoms with E-state index in [1.807, 2.05) is 6.92 Å². The molecule has 1 aliphatic carbocycles. The number of nitrogens with two attached hydrogens (primary N) is 1. The van der Waals surface area contributed by atoms with Crippen LogP contribution in [0.2, 0.25) is 0 Å². The van der Waals surface area contributed by atoms with Crippen molar-refractivity contribution in [2.45, 2.75) is 64.0 Å². The molecule has 0 bridgehead atoms. The Morgan fingerprint density at radius 2 is 2.10 bits per heavy atom. The lowest BCUT2D eigenvalue weighted by atomic mass is 9.71. The van der Waals surface area contributed by atoms with Gasteiger partial charge in [-0.15, -0.1) is 12.4 Å². The van der Waals surface area contributed by atoms with Gasteiger partial charge in [-0.2, -0.15) is 0 Å². The molecule has 0 saturated heterocycles. The fraction of sp³-hybridized carbons (Fsp3) is 0.588. The second-order valence-electron chi connectivity index (χ2n) is 6.65. The van der Waals surface area contributed by atoms with Gasteiger partial charge in [0.2, 0.25) is 5.91 Å². The highest BCUT2D eigenvalue weighted by Crippen LogP contribution is 2.41. The minimum atomic E-state index is 0. The highest BCUT2D eigenvalue weighted by atomic mass is 35.5. The minimum absolute atomic E-state index is 0. The van der Waals surface area contributed by atoms with Crippen LogP contribution in [0.5, 0.6) is 0 Å². The van der Waals surface area contributed by atoms with Crippen LogP contribution in [0.3, 0.4) is 0 Å². The van der Waals surface area contributed by atoms with Crippen molar-refractivity contribution in [3.63, 3.8) is 0 Å². The maximum atomic E-state index is 12.0. The zero-order valence-electron chi connectivity index (χ0n) is 13.2. The van der Waals surface area contributed by atoms with Gasteiger partial charge in [0.05, 0.1) is 6.04 Å². The van der Waals surface area contributed by atoms with E-state index >= 15 is 0 Å². The van der Waals surface area contributed by atoms with E-state index < -0.39 is 0 Å². The Morgan fingerprint density at radius 3 is 2.76 bits per heavy atom. The first-order chi connectivity index (χ1) is 9.40. The average Bonchev–Trinajstić information content (AvgIpc) is 2.40. The largest absolute Gasteiger partial charge is 0.349 e. The van der Waals surface area contributed by atoms with Gasteiger partial charge < -0.3 is 11.1 Å². The molecule has 3 nitrogen and oxygen atoms in total. The third kappa shape index (κ3) is 4.45. The molecule has 2 atom stereocenters. The van der Waals surface area contributed by atoms with Gasteiger partial charge in [-0.3, -0.25) is 4.79 Å². The van der Waals surface area contributed by atoms with Crippen molar-refractivity contribution in [1.29, 1.82) is 0 Å². The van der Waals surface area contributed by atoms with Crippen LogP contribution < -0.4 is 11.1 Å². The molecule has 118 valence electrons. The normalized spacial score (nSPS) is 20.9. The summed E-state index contributed by atoms with van der Waals surface area (Å²) in [5.41, 5.74) is 8.54. The Kier molecular flexibility index (Phi) is 6.24. The summed E-state index contributed by atoms with van der Waals surface area (Å²) in [7, 11) is 0. The van der Waals surface area contributed by atoms with Crippen molar-refractivity contribution in [3.05, 3.63) is 35.4 Å². The molecule has 0 aliphatic heterocycles. The number of carbonyl (C=O) groups is 1. The van der Waals surface area contributed by atoms with E-state index in [0.29, 0.717) is 6.42 Å². The van der Waals surface area contributed by atoms with Gasteiger partial charge in [0.15, 0.2) is 0 Å². The molecule has 21 heavy (non-hydrogen) atoms. The van der Waals surface area contributed by atoms with Crippen LogP contribution in [0.15, 0.2) is 24.3 Å². The van der Waals surface area contributed by atoms with Gasteiger partial charge >= 0.3 is 0 Å². The van der Waals surface area contributed by atoms with Crippen LogP contribution in [0.4, 0.5) is 0 Å². The molecular weight excluding hydrogens is 284 g/mol. The Balaban J connectivity index is 0.00000220. The summed E-state index contributed by atoms with van der Waals surface area (Å²) in [6.07, 6.45) is 3.36. The smallest absolute Gasteiger partial charge is 0.220 e. The second-order valence-corrected chi connectivity index (χ2v) is 6.65. The summed E-state index contributed by atoms with van der Waals surface area (Å²) in [5, 5.41) is 3.17. The van der Waals surface area contributed by atoms with Crippen molar-refractivity contribution in [2.24, 2.45) is 5.73 Å². The van der Waals surface area contributed by atoms with E-state index in [2.05, 4.69) is 43.4 Å². The van der Waals surface area contributed by atoms with Gasteiger partial charge in [-0.05, 0) is 42.7 Å². The third-order valence-corrected chi connectivity index (χ3v) is 4.29. The van der Waals surface area contributed by atoms with Crippen LogP contribution in [-0.2, 0) is 10.2 Å². The van der Waals surface area contributed by atoms with Gasteiger partial charge in [-0.25, -0.2) is 0 Å². The van der Waals surface area contributed by atoms with E-state index in [0.717, 1.165) is 19.3 Å². The molecule has 0 saturated carbocycles. The van der Waals surface area contributed by atoms with Crippen molar-refractivity contribution >= 4 is 18.3 Å².